The molecule has 128 valence electrons. The second-order valence-corrected chi connectivity index (χ2v) is 6.56. The standard InChI is InChI=1S/C18H21NO4S/c1-12(2)16(23-18(21)15-5-4-10-24-15)17(20)19-11-13-6-8-14(22-3)9-7-13/h4-10,12,16H,11H2,1-3H3,(H,19,20)/t16-/m1/s1. The zero-order valence-corrected chi connectivity index (χ0v) is 14.8. The lowest BCUT2D eigenvalue weighted by Gasteiger charge is -2.20. The van der Waals surface area contributed by atoms with E-state index >= 15 is 0 Å². The van der Waals surface area contributed by atoms with Crippen LogP contribution in [0.5, 0.6) is 5.75 Å². The second-order valence-electron chi connectivity index (χ2n) is 5.61. The molecule has 0 bridgehead atoms. The zero-order chi connectivity index (χ0) is 17.5. The van der Waals surface area contributed by atoms with Gasteiger partial charge in [0.15, 0.2) is 6.10 Å². The van der Waals surface area contributed by atoms with Gasteiger partial charge in [0.05, 0.1) is 7.11 Å². The number of ether oxygens (including phenoxy) is 2. The van der Waals surface area contributed by atoms with Gasteiger partial charge < -0.3 is 14.8 Å². The van der Waals surface area contributed by atoms with Crippen LogP contribution in [0.15, 0.2) is 41.8 Å². The number of methoxy groups -OCH3 is 1. The number of hydrogen-bond donors (Lipinski definition) is 1. The van der Waals surface area contributed by atoms with Crippen molar-refractivity contribution >= 4 is 23.2 Å². The summed E-state index contributed by atoms with van der Waals surface area (Å²) in [5, 5.41) is 4.61. The van der Waals surface area contributed by atoms with Gasteiger partial charge in [-0.2, -0.15) is 0 Å². The predicted octanol–water partition coefficient (Wildman–Crippen LogP) is 3.25. The number of nitrogens with one attached hydrogen (secondary N) is 1. The number of thiophene rings is 1. The van der Waals surface area contributed by atoms with Crippen LogP contribution < -0.4 is 10.1 Å². The summed E-state index contributed by atoms with van der Waals surface area (Å²) in [4.78, 5) is 24.9. The molecule has 1 aromatic carbocycles. The highest BCUT2D eigenvalue weighted by Gasteiger charge is 2.27. The monoisotopic (exact) mass is 347 g/mol. The molecule has 1 amide bonds. The van der Waals surface area contributed by atoms with E-state index in [0.29, 0.717) is 11.4 Å². The number of benzene rings is 1. The highest BCUT2D eigenvalue weighted by atomic mass is 32.1. The van der Waals surface area contributed by atoms with Crippen LogP contribution in [0.3, 0.4) is 0 Å². The Kier molecular flexibility index (Phi) is 6.37. The molecule has 2 rings (SSSR count). The quantitative estimate of drug-likeness (QED) is 0.781. The molecular weight excluding hydrogens is 326 g/mol. The Morgan fingerprint density at radius 3 is 2.42 bits per heavy atom. The summed E-state index contributed by atoms with van der Waals surface area (Å²) in [7, 11) is 1.60. The molecule has 0 spiro atoms. The maximum Gasteiger partial charge on any atom is 0.349 e. The van der Waals surface area contributed by atoms with Gasteiger partial charge >= 0.3 is 5.97 Å². The van der Waals surface area contributed by atoms with E-state index in [4.69, 9.17) is 9.47 Å². The van der Waals surface area contributed by atoms with Crippen molar-refractivity contribution in [1.82, 2.24) is 5.32 Å². The molecule has 1 heterocycles. The lowest BCUT2D eigenvalue weighted by molar-refractivity contribution is -0.132. The van der Waals surface area contributed by atoms with E-state index < -0.39 is 12.1 Å². The van der Waals surface area contributed by atoms with Crippen molar-refractivity contribution in [3.63, 3.8) is 0 Å². The Hall–Kier alpha value is -2.34. The van der Waals surface area contributed by atoms with Crippen molar-refractivity contribution in [3.8, 4) is 5.75 Å². The molecule has 1 N–H and O–H groups in total. The number of carbonyl (C=O) groups is 2. The first-order valence-electron chi connectivity index (χ1n) is 7.66. The lowest BCUT2D eigenvalue weighted by atomic mass is 10.1. The number of carbonyl (C=O) groups excluding carboxylic acids is 2. The minimum Gasteiger partial charge on any atom is -0.497 e. The maximum absolute atomic E-state index is 12.4. The average molecular weight is 347 g/mol. The molecule has 0 saturated carbocycles. The smallest absolute Gasteiger partial charge is 0.349 e. The summed E-state index contributed by atoms with van der Waals surface area (Å²) in [5.41, 5.74) is 0.941. The molecule has 0 saturated heterocycles. The molecule has 1 aromatic heterocycles. The molecule has 5 nitrogen and oxygen atoms in total. The summed E-state index contributed by atoms with van der Waals surface area (Å²) in [6.07, 6.45) is -0.821. The van der Waals surface area contributed by atoms with Gasteiger partial charge in [-0.05, 0) is 35.1 Å². The fraction of sp³-hybridized carbons (Fsp3) is 0.333. The predicted molar refractivity (Wildman–Crippen MR) is 93.2 cm³/mol. The Morgan fingerprint density at radius 1 is 1.17 bits per heavy atom. The molecule has 0 fully saturated rings. The van der Waals surface area contributed by atoms with Crippen molar-refractivity contribution in [2.24, 2.45) is 5.92 Å². The number of amides is 1. The summed E-state index contributed by atoms with van der Waals surface area (Å²) in [6, 6.07) is 10.9. The van der Waals surface area contributed by atoms with Crippen LogP contribution in [0.2, 0.25) is 0 Å². The van der Waals surface area contributed by atoms with Crippen molar-refractivity contribution in [3.05, 3.63) is 52.2 Å². The Bertz CT molecular complexity index is 665. The molecule has 0 aliphatic rings. The van der Waals surface area contributed by atoms with E-state index in [0.717, 1.165) is 11.3 Å². The molecule has 0 radical (unpaired) electrons. The van der Waals surface area contributed by atoms with Gasteiger partial charge in [0.1, 0.15) is 10.6 Å². The van der Waals surface area contributed by atoms with Gasteiger partial charge in [-0.3, -0.25) is 4.79 Å². The SMILES string of the molecule is COc1ccc(CNC(=O)[C@H](OC(=O)c2cccs2)C(C)C)cc1. The van der Waals surface area contributed by atoms with Crippen LogP contribution in [0.25, 0.3) is 0 Å². The maximum atomic E-state index is 12.4. The van der Waals surface area contributed by atoms with Crippen LogP contribution in [0, 0.1) is 5.92 Å². The first kappa shape index (κ1) is 18.0. The summed E-state index contributed by atoms with van der Waals surface area (Å²) in [6.45, 7) is 4.06. The Morgan fingerprint density at radius 2 is 1.88 bits per heavy atom. The topological polar surface area (TPSA) is 64.6 Å². The molecule has 2 aromatic rings. The molecule has 6 heteroatoms. The number of hydrogen-bond acceptors (Lipinski definition) is 5. The van der Waals surface area contributed by atoms with Gasteiger partial charge in [0, 0.05) is 6.54 Å². The van der Waals surface area contributed by atoms with Crippen LogP contribution >= 0.6 is 11.3 Å². The fourth-order valence-electron chi connectivity index (χ4n) is 2.09. The largest absolute Gasteiger partial charge is 0.497 e. The van der Waals surface area contributed by atoms with Crippen molar-refractivity contribution in [2.45, 2.75) is 26.5 Å². The lowest BCUT2D eigenvalue weighted by Crippen LogP contribution is -2.40. The van der Waals surface area contributed by atoms with Gasteiger partial charge in [-0.15, -0.1) is 11.3 Å². The van der Waals surface area contributed by atoms with E-state index in [9.17, 15) is 9.59 Å². The molecule has 0 unspecified atom stereocenters. The Balaban J connectivity index is 1.94. The molecular formula is C18H21NO4S. The normalized spacial score (nSPS) is 11.8. The van der Waals surface area contributed by atoms with Crippen molar-refractivity contribution in [1.29, 1.82) is 0 Å². The van der Waals surface area contributed by atoms with Gasteiger partial charge in [-0.1, -0.05) is 32.0 Å². The first-order chi connectivity index (χ1) is 11.5. The summed E-state index contributed by atoms with van der Waals surface area (Å²) in [5.74, 6) is -0.131. The number of rotatable bonds is 7. The van der Waals surface area contributed by atoms with Gasteiger partial charge in [-0.25, -0.2) is 4.79 Å². The highest BCUT2D eigenvalue weighted by Crippen LogP contribution is 2.15. The third-order valence-corrected chi connectivity index (χ3v) is 4.30. The molecule has 1 atom stereocenters. The van der Waals surface area contributed by atoms with E-state index in [-0.39, 0.29) is 11.8 Å². The third-order valence-electron chi connectivity index (χ3n) is 3.45. The highest BCUT2D eigenvalue weighted by molar-refractivity contribution is 7.11. The summed E-state index contributed by atoms with van der Waals surface area (Å²) < 4.78 is 10.5. The van der Waals surface area contributed by atoms with E-state index in [1.165, 1.54) is 11.3 Å². The third kappa shape index (κ3) is 4.83. The van der Waals surface area contributed by atoms with Crippen LogP contribution in [0.1, 0.15) is 29.1 Å². The zero-order valence-electron chi connectivity index (χ0n) is 13.9. The van der Waals surface area contributed by atoms with Crippen LogP contribution in [-0.2, 0) is 16.1 Å². The van der Waals surface area contributed by atoms with Crippen molar-refractivity contribution < 1.29 is 19.1 Å². The van der Waals surface area contributed by atoms with Crippen LogP contribution in [-0.4, -0.2) is 25.1 Å². The molecule has 0 aliphatic heterocycles. The van der Waals surface area contributed by atoms with E-state index in [1.807, 2.05) is 38.1 Å². The van der Waals surface area contributed by atoms with E-state index in [1.54, 1.807) is 24.6 Å². The number of esters is 1. The van der Waals surface area contributed by atoms with Gasteiger partial charge in [0.25, 0.3) is 5.91 Å². The minimum atomic E-state index is -0.821. The Labute approximate surface area is 145 Å². The van der Waals surface area contributed by atoms with Crippen LogP contribution in [0.4, 0.5) is 0 Å². The fourth-order valence-corrected chi connectivity index (χ4v) is 2.70. The minimum absolute atomic E-state index is 0.121. The van der Waals surface area contributed by atoms with E-state index in [2.05, 4.69) is 5.32 Å². The molecule has 0 aliphatic carbocycles. The first-order valence-corrected chi connectivity index (χ1v) is 8.54. The van der Waals surface area contributed by atoms with Crippen molar-refractivity contribution in [2.75, 3.05) is 7.11 Å². The summed E-state index contributed by atoms with van der Waals surface area (Å²) >= 11 is 1.29. The average Bonchev–Trinajstić information content (AvgIpc) is 3.12. The molecule has 24 heavy (non-hydrogen) atoms. The van der Waals surface area contributed by atoms with Gasteiger partial charge in [0.2, 0.25) is 0 Å². The second kappa shape index (κ2) is 8.49.